The number of ether oxygens (including phenoxy) is 1. The van der Waals surface area contributed by atoms with Gasteiger partial charge in [-0.05, 0) is 37.6 Å². The molecule has 0 saturated carbocycles. The first kappa shape index (κ1) is 28.1. The molecular weight excluding hydrogens is 488 g/mol. The fraction of sp³-hybridized carbons (Fsp3) is 0.393. The monoisotopic (exact) mass is 524 g/mol. The number of benzene rings is 2. The highest BCUT2D eigenvalue weighted by Gasteiger charge is 2.32. The summed E-state index contributed by atoms with van der Waals surface area (Å²) in [6, 6.07) is 16.5. The van der Waals surface area contributed by atoms with E-state index in [1.165, 1.54) is 0 Å². The molecule has 1 aromatic heterocycles. The lowest BCUT2D eigenvalue weighted by molar-refractivity contribution is -0.324. The molecule has 0 radical (unpaired) electrons. The van der Waals surface area contributed by atoms with E-state index in [9.17, 15) is 9.90 Å². The Kier molecular flexibility index (Phi) is 10.0. The summed E-state index contributed by atoms with van der Waals surface area (Å²) >= 11 is 1.62. The van der Waals surface area contributed by atoms with Crippen LogP contribution in [0.5, 0.6) is 5.75 Å². The summed E-state index contributed by atoms with van der Waals surface area (Å²) in [5.74, 6) is -1.40. The number of rotatable bonds is 13. The van der Waals surface area contributed by atoms with Crippen molar-refractivity contribution in [1.29, 1.82) is 0 Å². The highest BCUT2D eigenvalue weighted by atomic mass is 32.1. The predicted molar refractivity (Wildman–Crippen MR) is 147 cm³/mol. The quantitative estimate of drug-likeness (QED) is 0.126. The number of amidine groups is 1. The molecule has 1 amide bonds. The summed E-state index contributed by atoms with van der Waals surface area (Å²) in [6.07, 6.45) is 2.43. The maximum Gasteiger partial charge on any atom is 0.390 e. The van der Waals surface area contributed by atoms with Crippen molar-refractivity contribution < 1.29 is 19.5 Å². The Morgan fingerprint density at radius 2 is 1.89 bits per heavy atom. The Balaban J connectivity index is 1.72. The molecule has 9 heteroatoms. The van der Waals surface area contributed by atoms with E-state index in [2.05, 4.69) is 10.5 Å². The molecule has 1 atom stereocenters. The van der Waals surface area contributed by atoms with Crippen molar-refractivity contribution in [2.24, 2.45) is 16.8 Å². The fourth-order valence-electron chi connectivity index (χ4n) is 3.53. The summed E-state index contributed by atoms with van der Waals surface area (Å²) in [5.41, 5.74) is 8.51. The van der Waals surface area contributed by atoms with Crippen molar-refractivity contribution in [2.75, 3.05) is 6.54 Å². The normalized spacial score (nSPS) is 13.3. The van der Waals surface area contributed by atoms with Crippen molar-refractivity contribution in [3.05, 3.63) is 70.0 Å². The zero-order valence-electron chi connectivity index (χ0n) is 21.9. The number of nitrogens with two attached hydrogens (primary N) is 1. The standard InChI is InChI=1S/C28H36N4O4S/c1-5-6-17-28(34,36-32-26(29)22-10-8-7-9-11-22)35-23-14-12-21(13-15-23)25-24(37-20(4)31-25)16-18-30-27(33)19(2)3/h7-15,19,34H,5-6,16-18H2,1-4H3,(H2,29,32)(H,30,33). The van der Waals surface area contributed by atoms with Crippen LogP contribution in [0, 0.1) is 12.8 Å². The zero-order chi connectivity index (χ0) is 26.8. The molecule has 4 N–H and O–H groups in total. The van der Waals surface area contributed by atoms with Crippen molar-refractivity contribution >= 4 is 23.1 Å². The van der Waals surface area contributed by atoms with Gasteiger partial charge in [0.15, 0.2) is 5.84 Å². The van der Waals surface area contributed by atoms with Crippen LogP contribution in [0.15, 0.2) is 59.8 Å². The molecule has 3 aromatic rings. The first-order valence-corrected chi connectivity index (χ1v) is 13.4. The second kappa shape index (κ2) is 13.2. The number of carbonyl (C=O) groups is 1. The first-order valence-electron chi connectivity index (χ1n) is 12.5. The van der Waals surface area contributed by atoms with Crippen molar-refractivity contribution in [1.82, 2.24) is 10.3 Å². The lowest BCUT2D eigenvalue weighted by Crippen LogP contribution is -2.38. The SMILES string of the molecule is CCCCC(O)(ON=C(N)c1ccccc1)Oc1ccc(-c2nc(C)sc2CCNC(=O)C(C)C)cc1. The molecule has 0 aliphatic rings. The lowest BCUT2D eigenvalue weighted by Gasteiger charge is -2.26. The van der Waals surface area contributed by atoms with Gasteiger partial charge in [-0.1, -0.05) is 62.7 Å². The van der Waals surface area contributed by atoms with Gasteiger partial charge in [0.25, 0.3) is 0 Å². The number of amides is 1. The van der Waals surface area contributed by atoms with Gasteiger partial charge < -0.3 is 25.7 Å². The Morgan fingerprint density at radius 3 is 2.54 bits per heavy atom. The van der Waals surface area contributed by atoms with E-state index >= 15 is 0 Å². The molecule has 37 heavy (non-hydrogen) atoms. The van der Waals surface area contributed by atoms with Crippen LogP contribution >= 0.6 is 11.3 Å². The van der Waals surface area contributed by atoms with Gasteiger partial charge in [-0.3, -0.25) is 4.79 Å². The molecule has 0 fully saturated rings. The highest BCUT2D eigenvalue weighted by Crippen LogP contribution is 2.31. The molecule has 8 nitrogen and oxygen atoms in total. The van der Waals surface area contributed by atoms with E-state index in [4.69, 9.17) is 20.3 Å². The van der Waals surface area contributed by atoms with Crippen LogP contribution in [0.3, 0.4) is 0 Å². The van der Waals surface area contributed by atoms with Gasteiger partial charge in [0.1, 0.15) is 5.75 Å². The van der Waals surface area contributed by atoms with Crippen LogP contribution in [-0.4, -0.2) is 34.4 Å². The number of nitrogens with one attached hydrogen (secondary N) is 1. The maximum absolute atomic E-state index is 11.9. The van der Waals surface area contributed by atoms with Crippen molar-refractivity contribution in [3.63, 3.8) is 0 Å². The van der Waals surface area contributed by atoms with Crippen LogP contribution in [0.25, 0.3) is 11.3 Å². The average molecular weight is 525 g/mol. The molecular formula is C28H36N4O4S. The zero-order valence-corrected chi connectivity index (χ0v) is 22.7. The highest BCUT2D eigenvalue weighted by molar-refractivity contribution is 7.12. The Bertz CT molecular complexity index is 1180. The number of aromatic nitrogens is 1. The van der Waals surface area contributed by atoms with Crippen LogP contribution in [0.1, 0.15) is 55.5 Å². The molecule has 0 saturated heterocycles. The molecule has 3 rings (SSSR count). The van der Waals surface area contributed by atoms with Gasteiger partial charge in [0.2, 0.25) is 5.91 Å². The molecule has 1 heterocycles. The van der Waals surface area contributed by atoms with Crippen LogP contribution < -0.4 is 15.8 Å². The third-order valence-corrected chi connectivity index (χ3v) is 6.62. The summed E-state index contributed by atoms with van der Waals surface area (Å²) in [6.45, 7) is 8.29. The van der Waals surface area contributed by atoms with Crippen LogP contribution in [0.2, 0.25) is 0 Å². The fourth-order valence-corrected chi connectivity index (χ4v) is 4.49. The van der Waals surface area contributed by atoms with E-state index < -0.39 is 5.97 Å². The Hall–Kier alpha value is -3.43. The number of unbranched alkanes of at least 4 members (excludes halogenated alkanes) is 1. The maximum atomic E-state index is 11.9. The number of nitrogens with zero attached hydrogens (tertiary/aromatic N) is 2. The van der Waals surface area contributed by atoms with Gasteiger partial charge in [-0.2, -0.15) is 0 Å². The number of carbonyl (C=O) groups excluding carboxylic acids is 1. The molecule has 0 aliphatic carbocycles. The molecule has 2 aromatic carbocycles. The van der Waals surface area contributed by atoms with E-state index in [1.54, 1.807) is 35.6 Å². The summed E-state index contributed by atoms with van der Waals surface area (Å²) in [4.78, 5) is 23.1. The molecule has 0 aliphatic heterocycles. The molecule has 0 bridgehead atoms. The number of oxime groups is 1. The Morgan fingerprint density at radius 1 is 1.19 bits per heavy atom. The van der Waals surface area contributed by atoms with Gasteiger partial charge in [-0.15, -0.1) is 11.3 Å². The van der Waals surface area contributed by atoms with E-state index in [1.807, 2.05) is 58.0 Å². The second-order valence-electron chi connectivity index (χ2n) is 9.08. The van der Waals surface area contributed by atoms with Crippen LogP contribution in [-0.2, 0) is 16.1 Å². The van der Waals surface area contributed by atoms with E-state index in [-0.39, 0.29) is 24.1 Å². The van der Waals surface area contributed by atoms with E-state index in [0.717, 1.165) is 27.6 Å². The summed E-state index contributed by atoms with van der Waals surface area (Å²) in [7, 11) is 0. The minimum Gasteiger partial charge on any atom is -0.429 e. The molecule has 1 unspecified atom stereocenters. The molecule has 198 valence electrons. The van der Waals surface area contributed by atoms with Crippen molar-refractivity contribution in [2.45, 2.75) is 59.4 Å². The minimum absolute atomic E-state index is 0.0388. The molecule has 0 spiro atoms. The largest absolute Gasteiger partial charge is 0.429 e. The number of aliphatic hydroxyl groups is 1. The Labute approximate surface area is 222 Å². The second-order valence-corrected chi connectivity index (χ2v) is 10.4. The third-order valence-electron chi connectivity index (χ3n) is 5.59. The summed E-state index contributed by atoms with van der Waals surface area (Å²) in [5, 5.41) is 18.9. The smallest absolute Gasteiger partial charge is 0.390 e. The summed E-state index contributed by atoms with van der Waals surface area (Å²) < 4.78 is 5.84. The number of hydrogen-bond acceptors (Lipinski definition) is 7. The van der Waals surface area contributed by atoms with Crippen LogP contribution in [0.4, 0.5) is 0 Å². The van der Waals surface area contributed by atoms with Gasteiger partial charge in [0, 0.05) is 34.9 Å². The van der Waals surface area contributed by atoms with E-state index in [0.29, 0.717) is 30.7 Å². The van der Waals surface area contributed by atoms with Gasteiger partial charge >= 0.3 is 5.97 Å². The van der Waals surface area contributed by atoms with Gasteiger partial charge in [-0.25, -0.2) is 4.98 Å². The topological polar surface area (TPSA) is 119 Å². The number of aryl methyl sites for hydroxylation is 1. The average Bonchev–Trinajstić information content (AvgIpc) is 3.27. The predicted octanol–water partition coefficient (Wildman–Crippen LogP) is 4.99. The lowest BCUT2D eigenvalue weighted by atomic mass is 10.1. The van der Waals surface area contributed by atoms with Gasteiger partial charge in [0.05, 0.1) is 17.1 Å². The third kappa shape index (κ3) is 8.30. The number of hydrogen-bond donors (Lipinski definition) is 3. The first-order chi connectivity index (χ1) is 17.7. The minimum atomic E-state index is -1.96. The van der Waals surface area contributed by atoms with Crippen molar-refractivity contribution in [3.8, 4) is 17.0 Å². The number of thiazole rings is 1.